The van der Waals surface area contributed by atoms with Crippen molar-refractivity contribution in [2.75, 3.05) is 38.0 Å². The number of amides is 1. The van der Waals surface area contributed by atoms with E-state index in [-0.39, 0.29) is 12.5 Å². The Labute approximate surface area is 172 Å². The van der Waals surface area contributed by atoms with Gasteiger partial charge >= 0.3 is 0 Å². The van der Waals surface area contributed by atoms with Gasteiger partial charge in [-0.15, -0.1) is 0 Å². The largest absolute Gasteiger partial charge is 0.325 e. The fourth-order valence-electron chi connectivity index (χ4n) is 3.30. The summed E-state index contributed by atoms with van der Waals surface area (Å²) in [6.45, 7) is 4.12. The van der Waals surface area contributed by atoms with Gasteiger partial charge in [-0.1, -0.05) is 55.5 Å². The Morgan fingerprint density at radius 1 is 1.00 bits per heavy atom. The highest BCUT2D eigenvalue weighted by atomic mass is 32.2. The molecule has 7 heteroatoms. The summed E-state index contributed by atoms with van der Waals surface area (Å²) in [4.78, 5) is 14.4. The Morgan fingerprint density at radius 2 is 1.66 bits per heavy atom. The van der Waals surface area contributed by atoms with Crippen LogP contribution in [0.5, 0.6) is 0 Å². The summed E-state index contributed by atoms with van der Waals surface area (Å²) in [5, 5.41) is 4.22. The lowest BCUT2D eigenvalue weighted by Crippen LogP contribution is -2.49. The molecule has 0 aliphatic carbocycles. The van der Waals surface area contributed by atoms with Gasteiger partial charge in [0.2, 0.25) is 15.9 Å². The van der Waals surface area contributed by atoms with Gasteiger partial charge in [0.05, 0.1) is 6.54 Å². The van der Waals surface area contributed by atoms with Crippen molar-refractivity contribution in [3.05, 3.63) is 71.1 Å². The zero-order valence-electron chi connectivity index (χ0n) is 16.6. The number of nitrogens with one attached hydrogen (secondary N) is 1. The monoisotopic (exact) mass is 413 g/mol. The van der Waals surface area contributed by atoms with E-state index < -0.39 is 10.0 Å². The minimum Gasteiger partial charge on any atom is -0.325 e. The second-order valence-corrected chi connectivity index (χ2v) is 8.81. The number of piperazine rings is 1. The van der Waals surface area contributed by atoms with Crippen LogP contribution in [0, 0.1) is 0 Å². The van der Waals surface area contributed by atoms with Gasteiger partial charge in [0.15, 0.2) is 0 Å². The van der Waals surface area contributed by atoms with Gasteiger partial charge in [0.1, 0.15) is 0 Å². The molecular formula is C22H27N3O3S. The molecule has 29 heavy (non-hydrogen) atoms. The molecular weight excluding hydrogens is 386 g/mol. The maximum Gasteiger partial charge on any atom is 0.238 e. The fourth-order valence-corrected chi connectivity index (χ4v) is 4.47. The predicted octanol–water partition coefficient (Wildman–Crippen LogP) is 2.81. The quantitative estimate of drug-likeness (QED) is 0.758. The number of rotatable bonds is 7. The minimum atomic E-state index is -3.47. The van der Waals surface area contributed by atoms with Gasteiger partial charge in [0.25, 0.3) is 0 Å². The molecule has 1 N–H and O–H groups in total. The normalized spacial score (nSPS) is 16.2. The Hall–Kier alpha value is -2.48. The van der Waals surface area contributed by atoms with Crippen molar-refractivity contribution in [3.8, 4) is 0 Å². The number of hydrogen-bond donors (Lipinski definition) is 1. The van der Waals surface area contributed by atoms with E-state index in [0.29, 0.717) is 26.2 Å². The molecule has 6 nitrogen and oxygen atoms in total. The van der Waals surface area contributed by atoms with Crippen LogP contribution in [-0.4, -0.2) is 56.3 Å². The number of para-hydroxylation sites is 1. The second kappa shape index (κ2) is 9.82. The highest BCUT2D eigenvalue weighted by molar-refractivity contribution is 7.92. The van der Waals surface area contributed by atoms with Gasteiger partial charge in [-0.3, -0.25) is 9.69 Å². The Balaban J connectivity index is 1.51. The molecule has 0 saturated carbocycles. The average molecular weight is 414 g/mol. The van der Waals surface area contributed by atoms with E-state index in [2.05, 4.69) is 12.2 Å². The molecule has 0 bridgehead atoms. The van der Waals surface area contributed by atoms with Crippen LogP contribution >= 0.6 is 0 Å². The summed E-state index contributed by atoms with van der Waals surface area (Å²) in [5.74, 6) is -0.0776. The third-order valence-corrected chi connectivity index (χ3v) is 6.53. The smallest absolute Gasteiger partial charge is 0.238 e. The van der Waals surface area contributed by atoms with E-state index in [1.54, 1.807) is 6.08 Å². The molecule has 2 aromatic carbocycles. The standard InChI is InChI=1S/C22H27N3O3S/c1-2-20-10-6-7-11-21(20)23-22(26)18-24-13-15-25(16-14-24)29(27,28)17-12-19-8-4-3-5-9-19/h3-12,17H,2,13-16,18H2,1H3,(H,23,26)/b17-12+. The molecule has 0 atom stereocenters. The molecule has 3 rings (SSSR count). The van der Waals surface area contributed by atoms with Crippen LogP contribution in [0.25, 0.3) is 6.08 Å². The number of benzene rings is 2. The lowest BCUT2D eigenvalue weighted by molar-refractivity contribution is -0.117. The molecule has 0 spiro atoms. The Bertz CT molecular complexity index is 950. The number of nitrogens with zero attached hydrogens (tertiary/aromatic N) is 2. The highest BCUT2D eigenvalue weighted by Crippen LogP contribution is 2.16. The first kappa shape index (κ1) is 21.2. The van der Waals surface area contributed by atoms with Crippen LogP contribution in [0.4, 0.5) is 5.69 Å². The number of carbonyl (C=O) groups is 1. The molecule has 1 aliphatic rings. The van der Waals surface area contributed by atoms with Crippen LogP contribution in [0.3, 0.4) is 0 Å². The van der Waals surface area contributed by atoms with E-state index in [9.17, 15) is 13.2 Å². The van der Waals surface area contributed by atoms with Gasteiger partial charge < -0.3 is 5.32 Å². The maximum atomic E-state index is 12.5. The molecule has 1 aliphatic heterocycles. The lowest BCUT2D eigenvalue weighted by atomic mass is 10.1. The number of aryl methyl sites for hydroxylation is 1. The first-order valence-corrected chi connectivity index (χ1v) is 11.3. The van der Waals surface area contributed by atoms with Gasteiger partial charge in [-0.25, -0.2) is 8.42 Å². The van der Waals surface area contributed by atoms with E-state index in [4.69, 9.17) is 0 Å². The molecule has 154 valence electrons. The summed E-state index contributed by atoms with van der Waals surface area (Å²) in [7, 11) is -3.47. The average Bonchev–Trinajstić information content (AvgIpc) is 2.74. The first-order valence-electron chi connectivity index (χ1n) is 9.81. The predicted molar refractivity (Wildman–Crippen MR) is 117 cm³/mol. The lowest BCUT2D eigenvalue weighted by Gasteiger charge is -2.32. The van der Waals surface area contributed by atoms with Gasteiger partial charge in [-0.2, -0.15) is 4.31 Å². The van der Waals surface area contributed by atoms with Gasteiger partial charge in [0, 0.05) is 37.3 Å². The Morgan fingerprint density at radius 3 is 2.34 bits per heavy atom. The molecule has 1 heterocycles. The number of carbonyl (C=O) groups excluding carboxylic acids is 1. The number of sulfonamides is 1. The van der Waals surface area contributed by atoms with Crippen LogP contribution in [0.2, 0.25) is 0 Å². The maximum absolute atomic E-state index is 12.5. The van der Waals surface area contributed by atoms with E-state index >= 15 is 0 Å². The minimum absolute atomic E-state index is 0.0776. The van der Waals surface area contributed by atoms with Crippen molar-refractivity contribution >= 4 is 27.7 Å². The molecule has 1 fully saturated rings. The third kappa shape index (κ3) is 6.00. The van der Waals surface area contributed by atoms with Crippen molar-refractivity contribution in [1.82, 2.24) is 9.21 Å². The summed E-state index contributed by atoms with van der Waals surface area (Å²) in [6.07, 6.45) is 2.46. The molecule has 0 aromatic heterocycles. The van der Waals surface area contributed by atoms with Crippen LogP contribution in [0.15, 0.2) is 60.0 Å². The Kier molecular flexibility index (Phi) is 7.19. The van der Waals surface area contributed by atoms with Gasteiger partial charge in [-0.05, 0) is 29.7 Å². The molecule has 0 radical (unpaired) electrons. The molecule has 0 unspecified atom stereocenters. The van der Waals surface area contributed by atoms with E-state index in [1.165, 1.54) is 9.71 Å². The molecule has 1 amide bonds. The van der Waals surface area contributed by atoms with Crippen molar-refractivity contribution < 1.29 is 13.2 Å². The van der Waals surface area contributed by atoms with Crippen LogP contribution < -0.4 is 5.32 Å². The highest BCUT2D eigenvalue weighted by Gasteiger charge is 2.26. The molecule has 2 aromatic rings. The summed E-state index contributed by atoms with van der Waals surface area (Å²) >= 11 is 0. The van der Waals surface area contributed by atoms with Crippen molar-refractivity contribution in [2.24, 2.45) is 0 Å². The van der Waals surface area contributed by atoms with Crippen molar-refractivity contribution in [1.29, 1.82) is 0 Å². The summed E-state index contributed by atoms with van der Waals surface area (Å²) < 4.78 is 26.5. The second-order valence-electron chi connectivity index (χ2n) is 6.99. The van der Waals surface area contributed by atoms with E-state index in [1.807, 2.05) is 59.5 Å². The van der Waals surface area contributed by atoms with Crippen LogP contribution in [0.1, 0.15) is 18.1 Å². The third-order valence-electron chi connectivity index (χ3n) is 4.96. The van der Waals surface area contributed by atoms with Crippen molar-refractivity contribution in [3.63, 3.8) is 0 Å². The molecule has 1 saturated heterocycles. The zero-order chi connectivity index (χ0) is 20.7. The van der Waals surface area contributed by atoms with Crippen LogP contribution in [-0.2, 0) is 21.2 Å². The number of anilines is 1. The summed E-state index contributed by atoms with van der Waals surface area (Å²) in [5.41, 5.74) is 2.79. The summed E-state index contributed by atoms with van der Waals surface area (Å²) in [6, 6.07) is 17.1. The zero-order valence-corrected chi connectivity index (χ0v) is 17.4. The van der Waals surface area contributed by atoms with E-state index in [0.717, 1.165) is 23.2 Å². The van der Waals surface area contributed by atoms with Crippen molar-refractivity contribution in [2.45, 2.75) is 13.3 Å². The fraction of sp³-hybridized carbons (Fsp3) is 0.318. The first-order chi connectivity index (χ1) is 14.0. The SMILES string of the molecule is CCc1ccccc1NC(=O)CN1CCN(S(=O)(=O)/C=C/c2ccccc2)CC1. The number of hydrogen-bond acceptors (Lipinski definition) is 4. The topological polar surface area (TPSA) is 69.7 Å².